The molecule has 0 unspecified atom stereocenters. The summed E-state index contributed by atoms with van der Waals surface area (Å²) in [6.45, 7) is 2.07. The molecule has 0 aliphatic rings. The van der Waals surface area contributed by atoms with Gasteiger partial charge in [0.1, 0.15) is 6.61 Å². The highest BCUT2D eigenvalue weighted by Crippen LogP contribution is 2.33. The average Bonchev–Trinajstić information content (AvgIpc) is 2.55. The molecule has 1 aromatic carbocycles. The first-order chi connectivity index (χ1) is 11.5. The van der Waals surface area contributed by atoms with Crippen LogP contribution in [-0.4, -0.2) is 31.4 Å². The molecule has 2 rings (SSSR count). The lowest BCUT2D eigenvalue weighted by Crippen LogP contribution is -2.15. The first kappa shape index (κ1) is 17.2. The summed E-state index contributed by atoms with van der Waals surface area (Å²) in [6.07, 6.45) is 0. The Morgan fingerprint density at radius 2 is 2.12 bits per heavy atom. The van der Waals surface area contributed by atoms with E-state index in [0.29, 0.717) is 16.7 Å². The summed E-state index contributed by atoms with van der Waals surface area (Å²) < 4.78 is 15.1. The van der Waals surface area contributed by atoms with Gasteiger partial charge in [0, 0.05) is 24.3 Å². The van der Waals surface area contributed by atoms with E-state index in [-0.39, 0.29) is 24.5 Å². The van der Waals surface area contributed by atoms with Crippen LogP contribution in [0.15, 0.2) is 33.5 Å². The number of ether oxygens (including phenoxy) is 2. The van der Waals surface area contributed by atoms with Crippen molar-refractivity contribution in [2.45, 2.75) is 6.92 Å². The molecule has 0 bridgehead atoms. The van der Waals surface area contributed by atoms with Crippen LogP contribution in [0.1, 0.15) is 21.7 Å². The van der Waals surface area contributed by atoms with E-state index < -0.39 is 17.4 Å². The molecule has 0 saturated carbocycles. The number of hydrogen-bond donors (Lipinski definition) is 1. The Labute approximate surface area is 137 Å². The van der Waals surface area contributed by atoms with Gasteiger partial charge in [-0.25, -0.2) is 9.59 Å². The van der Waals surface area contributed by atoms with Crippen molar-refractivity contribution >= 4 is 5.97 Å². The van der Waals surface area contributed by atoms with Crippen LogP contribution in [0.2, 0.25) is 0 Å². The van der Waals surface area contributed by atoms with Crippen LogP contribution in [0, 0.1) is 18.3 Å². The van der Waals surface area contributed by atoms with Crippen molar-refractivity contribution in [2.75, 3.05) is 20.3 Å². The van der Waals surface area contributed by atoms with Crippen molar-refractivity contribution in [3.8, 4) is 22.9 Å². The van der Waals surface area contributed by atoms with Crippen molar-refractivity contribution in [1.29, 1.82) is 5.26 Å². The summed E-state index contributed by atoms with van der Waals surface area (Å²) in [7, 11) is 1.48. The highest BCUT2D eigenvalue weighted by molar-refractivity contribution is 5.88. The van der Waals surface area contributed by atoms with Crippen molar-refractivity contribution < 1.29 is 23.8 Å². The topological polar surface area (TPSA) is 110 Å². The minimum absolute atomic E-state index is 0.0778. The highest BCUT2D eigenvalue weighted by atomic mass is 16.5. The van der Waals surface area contributed by atoms with Gasteiger partial charge in [-0.05, 0) is 18.6 Å². The van der Waals surface area contributed by atoms with Crippen molar-refractivity contribution in [2.24, 2.45) is 0 Å². The molecule has 124 valence electrons. The third-order valence-corrected chi connectivity index (χ3v) is 3.32. The lowest BCUT2D eigenvalue weighted by molar-refractivity contribution is 0.0655. The number of benzene rings is 1. The largest absolute Gasteiger partial charge is 0.484 e. The molecule has 0 atom stereocenters. The van der Waals surface area contributed by atoms with Crippen molar-refractivity contribution in [1.82, 2.24) is 0 Å². The van der Waals surface area contributed by atoms with Crippen LogP contribution in [0.5, 0.6) is 5.75 Å². The molecule has 7 heteroatoms. The Bertz CT molecular complexity index is 862. The summed E-state index contributed by atoms with van der Waals surface area (Å²) in [5, 5.41) is 18.5. The minimum Gasteiger partial charge on any atom is -0.484 e. The van der Waals surface area contributed by atoms with E-state index in [0.717, 1.165) is 0 Å². The van der Waals surface area contributed by atoms with Crippen molar-refractivity contribution in [3.05, 3.63) is 51.6 Å². The normalized spacial score (nSPS) is 10.2. The Kier molecular flexibility index (Phi) is 5.35. The molecule has 0 fully saturated rings. The number of aromatic carboxylic acids is 1. The number of carboxylic acids is 1. The quantitative estimate of drug-likeness (QED) is 0.809. The maximum absolute atomic E-state index is 12.2. The molecule has 7 nitrogen and oxygen atoms in total. The van der Waals surface area contributed by atoms with Crippen LogP contribution in [-0.2, 0) is 4.74 Å². The smallest absolute Gasteiger partial charge is 0.379 e. The number of rotatable bonds is 6. The van der Waals surface area contributed by atoms with Gasteiger partial charge in [0.05, 0.1) is 18.2 Å². The molecule has 1 N–H and O–H groups in total. The molecule has 0 spiro atoms. The predicted octanol–water partition coefficient (Wildman–Crippen LogP) is 2.21. The SMILES string of the molecule is COCCOc1c(-c2c(C)cccc2C#N)cc(C(=O)O)oc1=O. The second-order valence-electron chi connectivity index (χ2n) is 4.90. The lowest BCUT2D eigenvalue weighted by Gasteiger charge is -2.13. The molecule has 24 heavy (non-hydrogen) atoms. The van der Waals surface area contributed by atoms with Gasteiger partial charge in [0.2, 0.25) is 11.5 Å². The highest BCUT2D eigenvalue weighted by Gasteiger charge is 2.21. The Morgan fingerprint density at radius 3 is 2.75 bits per heavy atom. The Hall–Kier alpha value is -3.11. The molecule has 0 aliphatic carbocycles. The summed E-state index contributed by atoms with van der Waals surface area (Å²) in [5.74, 6) is -2.06. The number of nitriles is 1. The predicted molar refractivity (Wildman–Crippen MR) is 84.2 cm³/mol. The number of methoxy groups -OCH3 is 1. The van der Waals surface area contributed by atoms with Gasteiger partial charge in [0.15, 0.2) is 0 Å². The molecule has 0 aliphatic heterocycles. The van der Waals surface area contributed by atoms with Crippen LogP contribution in [0.4, 0.5) is 0 Å². The maximum Gasteiger partial charge on any atom is 0.379 e. The van der Waals surface area contributed by atoms with Crippen LogP contribution in [0.3, 0.4) is 0 Å². The minimum atomic E-state index is -1.39. The van der Waals surface area contributed by atoms with Crippen LogP contribution < -0.4 is 10.4 Å². The van der Waals surface area contributed by atoms with E-state index in [1.54, 1.807) is 25.1 Å². The molecule has 1 heterocycles. The maximum atomic E-state index is 12.2. The van der Waals surface area contributed by atoms with E-state index in [4.69, 9.17) is 19.0 Å². The van der Waals surface area contributed by atoms with Gasteiger partial charge < -0.3 is 19.0 Å². The zero-order valence-electron chi connectivity index (χ0n) is 13.2. The van der Waals surface area contributed by atoms with E-state index in [1.165, 1.54) is 13.2 Å². The first-order valence-electron chi connectivity index (χ1n) is 7.02. The number of nitrogens with zero attached hydrogens (tertiary/aromatic N) is 1. The lowest BCUT2D eigenvalue weighted by atomic mass is 9.95. The summed E-state index contributed by atoms with van der Waals surface area (Å²) in [4.78, 5) is 23.4. The van der Waals surface area contributed by atoms with Gasteiger partial charge >= 0.3 is 11.6 Å². The zero-order chi connectivity index (χ0) is 17.7. The molecule has 0 saturated heterocycles. The van der Waals surface area contributed by atoms with E-state index >= 15 is 0 Å². The molecular weight excluding hydrogens is 314 g/mol. The van der Waals surface area contributed by atoms with Crippen LogP contribution in [0.25, 0.3) is 11.1 Å². The number of aryl methyl sites for hydroxylation is 1. The monoisotopic (exact) mass is 329 g/mol. The summed E-state index contributed by atoms with van der Waals surface area (Å²) >= 11 is 0. The van der Waals surface area contributed by atoms with Gasteiger partial charge in [-0.3, -0.25) is 0 Å². The van der Waals surface area contributed by atoms with E-state index in [9.17, 15) is 14.9 Å². The number of carboxylic acid groups (broad SMARTS) is 1. The standard InChI is InChI=1S/C17H15NO6/c1-10-4-3-5-11(9-18)14(10)12-8-13(16(19)20)24-17(21)15(12)23-7-6-22-2/h3-5,8H,6-7H2,1-2H3,(H,19,20). The van der Waals surface area contributed by atoms with Gasteiger partial charge in [0.25, 0.3) is 0 Å². The van der Waals surface area contributed by atoms with Crippen molar-refractivity contribution in [3.63, 3.8) is 0 Å². The molecule has 0 radical (unpaired) electrons. The summed E-state index contributed by atoms with van der Waals surface area (Å²) in [5.41, 5.74) is 0.714. The van der Waals surface area contributed by atoms with E-state index in [2.05, 4.69) is 0 Å². The van der Waals surface area contributed by atoms with Gasteiger partial charge in [-0.15, -0.1) is 0 Å². The Morgan fingerprint density at radius 1 is 1.38 bits per heavy atom. The Balaban J connectivity index is 2.73. The fourth-order valence-electron chi connectivity index (χ4n) is 2.26. The number of hydrogen-bond acceptors (Lipinski definition) is 6. The first-order valence-corrected chi connectivity index (χ1v) is 7.02. The zero-order valence-corrected chi connectivity index (χ0v) is 13.2. The van der Waals surface area contributed by atoms with E-state index in [1.807, 2.05) is 6.07 Å². The second kappa shape index (κ2) is 7.44. The van der Waals surface area contributed by atoms with Crippen LogP contribution >= 0.6 is 0 Å². The molecule has 0 amide bonds. The molecule has 2 aromatic rings. The second-order valence-corrected chi connectivity index (χ2v) is 4.90. The van der Waals surface area contributed by atoms with Gasteiger partial charge in [-0.1, -0.05) is 12.1 Å². The number of carbonyl (C=O) groups is 1. The van der Waals surface area contributed by atoms with Gasteiger partial charge in [-0.2, -0.15) is 5.26 Å². The fourth-order valence-corrected chi connectivity index (χ4v) is 2.26. The molecular formula is C17H15NO6. The average molecular weight is 329 g/mol. The third-order valence-electron chi connectivity index (χ3n) is 3.32. The summed E-state index contributed by atoms with van der Waals surface area (Å²) in [6, 6.07) is 8.26. The third kappa shape index (κ3) is 3.45. The molecule has 1 aromatic heterocycles. The fraction of sp³-hybridized carbons (Fsp3) is 0.235.